The Morgan fingerprint density at radius 1 is 1.22 bits per heavy atom. The first kappa shape index (κ1) is 16.5. The molecule has 2 aromatic carbocycles. The maximum atomic E-state index is 13.0. The Hall–Kier alpha value is -2.82. The third-order valence-electron chi connectivity index (χ3n) is 3.17. The molecule has 0 atom stereocenters. The number of nitrogens with one attached hydrogen (secondary N) is 2. The second kappa shape index (κ2) is 8.58. The molecule has 0 aliphatic heterocycles. The van der Waals surface area contributed by atoms with Gasteiger partial charge in [0.05, 0.1) is 7.11 Å². The molecule has 0 unspecified atom stereocenters. The van der Waals surface area contributed by atoms with Crippen LogP contribution in [0.25, 0.3) is 6.08 Å². The van der Waals surface area contributed by atoms with Crippen molar-refractivity contribution in [3.63, 3.8) is 0 Å². The van der Waals surface area contributed by atoms with Crippen LogP contribution < -0.4 is 15.4 Å². The van der Waals surface area contributed by atoms with Gasteiger partial charge < -0.3 is 15.4 Å². The van der Waals surface area contributed by atoms with Crippen molar-refractivity contribution in [1.29, 1.82) is 0 Å². The summed E-state index contributed by atoms with van der Waals surface area (Å²) in [6, 6.07) is 13.5. The molecule has 0 aromatic heterocycles. The molecular weight excluding hydrogens is 295 g/mol. The number of hydrogen-bond acceptors (Lipinski definition) is 2. The highest BCUT2D eigenvalue weighted by atomic mass is 19.1. The van der Waals surface area contributed by atoms with Crippen molar-refractivity contribution in [2.45, 2.75) is 6.42 Å². The molecule has 23 heavy (non-hydrogen) atoms. The van der Waals surface area contributed by atoms with E-state index in [1.54, 1.807) is 25.5 Å². The number of carbonyl (C=O) groups is 1. The summed E-state index contributed by atoms with van der Waals surface area (Å²) in [5, 5.41) is 5.33. The van der Waals surface area contributed by atoms with Crippen LogP contribution in [0, 0.1) is 5.82 Å². The van der Waals surface area contributed by atoms with E-state index in [1.807, 2.05) is 30.3 Å². The van der Waals surface area contributed by atoms with Crippen molar-refractivity contribution in [2.24, 2.45) is 0 Å². The van der Waals surface area contributed by atoms with Crippen molar-refractivity contribution in [3.8, 4) is 5.75 Å². The van der Waals surface area contributed by atoms with Crippen LogP contribution in [0.1, 0.15) is 11.1 Å². The average molecular weight is 314 g/mol. The predicted molar refractivity (Wildman–Crippen MR) is 88.7 cm³/mol. The minimum atomic E-state index is -0.305. The highest BCUT2D eigenvalue weighted by Gasteiger charge is 1.99. The fourth-order valence-corrected chi connectivity index (χ4v) is 2.02. The Morgan fingerprint density at radius 2 is 2.04 bits per heavy atom. The highest BCUT2D eigenvalue weighted by Crippen LogP contribution is 2.13. The van der Waals surface area contributed by atoms with Crippen LogP contribution in [0.2, 0.25) is 0 Å². The van der Waals surface area contributed by atoms with Gasteiger partial charge in [-0.05, 0) is 47.9 Å². The summed E-state index contributed by atoms with van der Waals surface area (Å²) in [5.41, 5.74) is 1.77. The maximum Gasteiger partial charge on any atom is 0.318 e. The van der Waals surface area contributed by atoms with Crippen LogP contribution in [0.15, 0.2) is 54.7 Å². The van der Waals surface area contributed by atoms with E-state index in [1.165, 1.54) is 12.1 Å². The molecule has 0 spiro atoms. The summed E-state index contributed by atoms with van der Waals surface area (Å²) in [6.45, 7) is 0.433. The number of urea groups is 1. The average Bonchev–Trinajstić information content (AvgIpc) is 2.55. The van der Waals surface area contributed by atoms with E-state index in [2.05, 4.69) is 10.6 Å². The van der Waals surface area contributed by atoms with Crippen molar-refractivity contribution in [2.75, 3.05) is 13.7 Å². The van der Waals surface area contributed by atoms with Gasteiger partial charge in [0, 0.05) is 12.7 Å². The fraction of sp³-hybridized carbons (Fsp3) is 0.167. The van der Waals surface area contributed by atoms with Gasteiger partial charge in [-0.2, -0.15) is 0 Å². The zero-order valence-electron chi connectivity index (χ0n) is 12.9. The first-order chi connectivity index (χ1) is 11.2. The Balaban J connectivity index is 1.73. The SMILES string of the molecule is COc1cccc(/C=C/NC(=O)NCCc2cccc(F)c2)c1. The van der Waals surface area contributed by atoms with Gasteiger partial charge in [-0.15, -0.1) is 0 Å². The third kappa shape index (κ3) is 5.82. The summed E-state index contributed by atoms with van der Waals surface area (Å²) in [7, 11) is 1.60. The molecule has 0 aliphatic rings. The summed E-state index contributed by atoms with van der Waals surface area (Å²) < 4.78 is 18.1. The summed E-state index contributed by atoms with van der Waals surface area (Å²) in [6.07, 6.45) is 3.91. The Bertz CT molecular complexity index is 686. The van der Waals surface area contributed by atoms with E-state index in [-0.39, 0.29) is 11.8 Å². The number of hydrogen-bond donors (Lipinski definition) is 2. The minimum Gasteiger partial charge on any atom is -0.497 e. The van der Waals surface area contributed by atoms with Gasteiger partial charge in [-0.25, -0.2) is 9.18 Å². The molecule has 0 radical (unpaired) electrons. The first-order valence-electron chi connectivity index (χ1n) is 7.27. The molecule has 2 rings (SSSR count). The topological polar surface area (TPSA) is 50.4 Å². The molecule has 0 fully saturated rings. The molecule has 4 nitrogen and oxygen atoms in total. The number of rotatable bonds is 6. The number of benzene rings is 2. The quantitative estimate of drug-likeness (QED) is 0.859. The number of amides is 2. The van der Waals surface area contributed by atoms with Gasteiger partial charge in [0.2, 0.25) is 0 Å². The molecule has 0 heterocycles. The van der Waals surface area contributed by atoms with Crippen molar-refractivity contribution >= 4 is 12.1 Å². The van der Waals surface area contributed by atoms with Gasteiger partial charge >= 0.3 is 6.03 Å². The molecule has 0 saturated heterocycles. The lowest BCUT2D eigenvalue weighted by Crippen LogP contribution is -2.33. The minimum absolute atomic E-state index is 0.270. The number of carbonyl (C=O) groups excluding carboxylic acids is 1. The van der Waals surface area contributed by atoms with Crippen LogP contribution >= 0.6 is 0 Å². The van der Waals surface area contributed by atoms with Gasteiger partial charge in [-0.1, -0.05) is 24.3 Å². The van der Waals surface area contributed by atoms with Gasteiger partial charge in [0.1, 0.15) is 11.6 Å². The smallest absolute Gasteiger partial charge is 0.318 e. The van der Waals surface area contributed by atoms with Crippen LogP contribution in [0.5, 0.6) is 5.75 Å². The van der Waals surface area contributed by atoms with E-state index in [0.717, 1.165) is 16.9 Å². The van der Waals surface area contributed by atoms with Crippen LogP contribution in [0.3, 0.4) is 0 Å². The second-order valence-electron chi connectivity index (χ2n) is 4.89. The van der Waals surface area contributed by atoms with Crippen molar-refractivity contribution < 1.29 is 13.9 Å². The molecule has 120 valence electrons. The fourth-order valence-electron chi connectivity index (χ4n) is 2.02. The molecule has 2 amide bonds. The molecule has 0 aliphatic carbocycles. The Kier molecular flexibility index (Phi) is 6.17. The lowest BCUT2D eigenvalue weighted by Gasteiger charge is -2.05. The van der Waals surface area contributed by atoms with Crippen LogP contribution in [-0.4, -0.2) is 19.7 Å². The standard InChI is InChI=1S/C18H19FN2O2/c1-23-17-7-3-5-15(13-17)9-11-21-18(22)20-10-8-14-4-2-6-16(19)12-14/h2-7,9,11-13H,8,10H2,1H3,(H2,20,21,22)/b11-9+. The van der Waals surface area contributed by atoms with E-state index < -0.39 is 0 Å². The number of ether oxygens (including phenoxy) is 1. The summed E-state index contributed by atoms with van der Waals surface area (Å²) in [4.78, 5) is 11.6. The van der Waals surface area contributed by atoms with Gasteiger partial charge in [0.25, 0.3) is 0 Å². The lowest BCUT2D eigenvalue weighted by molar-refractivity contribution is 0.244. The van der Waals surface area contributed by atoms with Gasteiger partial charge in [0.15, 0.2) is 0 Å². The molecule has 2 aromatic rings. The second-order valence-corrected chi connectivity index (χ2v) is 4.89. The zero-order valence-corrected chi connectivity index (χ0v) is 12.9. The van der Waals surface area contributed by atoms with Crippen LogP contribution in [-0.2, 0) is 6.42 Å². The Morgan fingerprint density at radius 3 is 2.83 bits per heavy atom. The number of halogens is 1. The summed E-state index contributed by atoms with van der Waals surface area (Å²) >= 11 is 0. The monoisotopic (exact) mass is 314 g/mol. The lowest BCUT2D eigenvalue weighted by atomic mass is 10.1. The first-order valence-corrected chi connectivity index (χ1v) is 7.27. The maximum absolute atomic E-state index is 13.0. The zero-order chi connectivity index (χ0) is 16.5. The van der Waals surface area contributed by atoms with Crippen molar-refractivity contribution in [3.05, 3.63) is 71.7 Å². The predicted octanol–water partition coefficient (Wildman–Crippen LogP) is 3.35. The molecule has 2 N–H and O–H groups in total. The van der Waals surface area contributed by atoms with Gasteiger partial charge in [-0.3, -0.25) is 0 Å². The normalized spacial score (nSPS) is 10.5. The van der Waals surface area contributed by atoms with Crippen LogP contribution in [0.4, 0.5) is 9.18 Å². The molecule has 0 bridgehead atoms. The summed E-state index contributed by atoms with van der Waals surface area (Å²) in [5.74, 6) is 0.486. The van der Waals surface area contributed by atoms with Crippen molar-refractivity contribution in [1.82, 2.24) is 10.6 Å². The third-order valence-corrected chi connectivity index (χ3v) is 3.17. The highest BCUT2D eigenvalue weighted by molar-refractivity contribution is 5.75. The molecule has 0 saturated carbocycles. The molecular formula is C18H19FN2O2. The Labute approximate surface area is 135 Å². The van der Waals surface area contributed by atoms with E-state index in [0.29, 0.717) is 13.0 Å². The molecule has 5 heteroatoms. The van der Waals surface area contributed by atoms with E-state index in [4.69, 9.17) is 4.74 Å². The van der Waals surface area contributed by atoms with E-state index in [9.17, 15) is 9.18 Å². The number of methoxy groups -OCH3 is 1. The largest absolute Gasteiger partial charge is 0.497 e. The van der Waals surface area contributed by atoms with E-state index >= 15 is 0 Å².